The number of phosphoric acid groups is 1. The van der Waals surface area contributed by atoms with Crippen LogP contribution in [0.3, 0.4) is 0 Å². The molecule has 0 saturated carbocycles. The number of hydrogen-bond acceptors (Lipinski definition) is 9. The number of esters is 2. The minimum atomic E-state index is -4.43. The highest BCUT2D eigenvalue weighted by molar-refractivity contribution is 7.47. The van der Waals surface area contributed by atoms with Gasteiger partial charge in [-0.2, -0.15) is 0 Å². The molecule has 0 spiro atoms. The highest BCUT2D eigenvalue weighted by atomic mass is 31.2. The molecule has 0 aliphatic heterocycles. The number of rotatable bonds is 37. The van der Waals surface area contributed by atoms with Gasteiger partial charge < -0.3 is 25.2 Å². The maximum absolute atomic E-state index is 12.6. The van der Waals surface area contributed by atoms with Gasteiger partial charge in [0.1, 0.15) is 6.61 Å². The van der Waals surface area contributed by atoms with Crippen molar-refractivity contribution >= 4 is 19.8 Å². The zero-order valence-electron chi connectivity index (χ0n) is 35.3. The van der Waals surface area contributed by atoms with E-state index in [-0.39, 0.29) is 38.7 Å². The molecule has 0 saturated heterocycles. The number of phosphoric ester groups is 1. The predicted octanol–water partition coefficient (Wildman–Crippen LogP) is 11.1. The Kier molecular flexibility index (Phi) is 38.9. The molecule has 326 valence electrons. The molecule has 10 nitrogen and oxygen atoms in total. The maximum atomic E-state index is 12.6. The summed E-state index contributed by atoms with van der Waals surface area (Å²) in [5, 5.41) is 9.81. The average Bonchev–Trinajstić information content (AvgIpc) is 3.21. The molecule has 58 heavy (non-hydrogen) atoms. The van der Waals surface area contributed by atoms with Crippen LogP contribution in [0.15, 0.2) is 122 Å². The van der Waals surface area contributed by atoms with Crippen LogP contribution in [0.2, 0.25) is 0 Å². The number of carbonyl (C=O) groups excluding carboxylic acids is 2. The van der Waals surface area contributed by atoms with Gasteiger partial charge in [-0.15, -0.1) is 0 Å². The van der Waals surface area contributed by atoms with Crippen LogP contribution in [0.25, 0.3) is 0 Å². The van der Waals surface area contributed by atoms with Crippen molar-refractivity contribution in [2.45, 2.75) is 135 Å². The molecule has 0 rings (SSSR count). The number of carbonyl (C=O) groups is 2. The van der Waals surface area contributed by atoms with Crippen molar-refractivity contribution in [3.63, 3.8) is 0 Å². The third-order valence-corrected chi connectivity index (χ3v) is 8.90. The molecule has 0 aromatic heterocycles. The smallest absolute Gasteiger partial charge is 0.462 e. The summed E-state index contributed by atoms with van der Waals surface area (Å²) >= 11 is 0. The van der Waals surface area contributed by atoms with E-state index in [9.17, 15) is 24.2 Å². The molecule has 1 unspecified atom stereocenters. The monoisotopic (exact) mass is 828 g/mol. The van der Waals surface area contributed by atoms with Gasteiger partial charge in [-0.3, -0.25) is 18.6 Å². The third kappa shape index (κ3) is 40.6. The first-order valence-electron chi connectivity index (χ1n) is 21.1. The van der Waals surface area contributed by atoms with E-state index in [4.69, 9.17) is 24.3 Å². The van der Waals surface area contributed by atoms with Crippen LogP contribution in [0, 0.1) is 0 Å². The van der Waals surface area contributed by atoms with Crippen molar-refractivity contribution in [3.8, 4) is 0 Å². The van der Waals surface area contributed by atoms with E-state index in [1.807, 2.05) is 36.5 Å². The second kappa shape index (κ2) is 41.5. The second-order valence-corrected chi connectivity index (χ2v) is 14.7. The van der Waals surface area contributed by atoms with Crippen LogP contribution in [0.4, 0.5) is 0 Å². The molecule has 0 fully saturated rings. The minimum Gasteiger partial charge on any atom is -0.462 e. The van der Waals surface area contributed by atoms with E-state index in [0.717, 1.165) is 77.0 Å². The summed E-state index contributed by atoms with van der Waals surface area (Å²) < 4.78 is 32.6. The van der Waals surface area contributed by atoms with Gasteiger partial charge in [-0.05, 0) is 83.5 Å². The van der Waals surface area contributed by atoms with Crippen molar-refractivity contribution in [2.24, 2.45) is 5.73 Å². The van der Waals surface area contributed by atoms with E-state index >= 15 is 0 Å². The van der Waals surface area contributed by atoms with Crippen LogP contribution >= 0.6 is 7.82 Å². The molecule has 3 atom stereocenters. The molecular weight excluding hydrogens is 753 g/mol. The van der Waals surface area contributed by atoms with Gasteiger partial charge in [0.15, 0.2) is 6.10 Å². The van der Waals surface area contributed by atoms with Crippen LogP contribution in [0.1, 0.15) is 123 Å². The molecule has 11 heteroatoms. The van der Waals surface area contributed by atoms with Gasteiger partial charge in [0.25, 0.3) is 0 Å². The Morgan fingerprint density at radius 3 is 1.59 bits per heavy atom. The highest BCUT2D eigenvalue weighted by Gasteiger charge is 2.25. The fourth-order valence-electron chi connectivity index (χ4n) is 4.79. The molecule has 0 aromatic carbocycles. The van der Waals surface area contributed by atoms with E-state index in [2.05, 4.69) is 98.9 Å². The van der Waals surface area contributed by atoms with E-state index < -0.39 is 32.5 Å². The SMILES string of the molecule is CC/C=C\C/C=C\C/C=C\C/C=C\C/C=C\C/C=C\CCC(=O)OC[C@H](COP(=O)(O)OCCN)OC(=O)CCC/C=C\C/C=C\C/C=C\C/C=C\[C@H](O)CCCC. The van der Waals surface area contributed by atoms with Crippen LogP contribution < -0.4 is 5.73 Å². The Morgan fingerprint density at radius 1 is 0.603 bits per heavy atom. The van der Waals surface area contributed by atoms with Crippen molar-refractivity contribution in [3.05, 3.63) is 122 Å². The number of unbranched alkanes of at least 4 members (excludes halogenated alkanes) is 2. The number of nitrogens with two attached hydrogens (primary N) is 1. The topological polar surface area (TPSA) is 155 Å². The minimum absolute atomic E-state index is 0.0210. The van der Waals surface area contributed by atoms with Crippen molar-refractivity contribution in [1.29, 1.82) is 0 Å². The second-order valence-electron chi connectivity index (χ2n) is 13.3. The molecule has 0 heterocycles. The number of ether oxygens (including phenoxy) is 2. The van der Waals surface area contributed by atoms with E-state index in [1.54, 1.807) is 0 Å². The van der Waals surface area contributed by atoms with Gasteiger partial charge in [0.2, 0.25) is 0 Å². The molecule has 0 amide bonds. The Bertz CT molecular complexity index is 1370. The Labute approximate surface area is 350 Å². The number of aliphatic hydroxyl groups excluding tert-OH is 1. The molecule has 0 radical (unpaired) electrons. The lowest BCUT2D eigenvalue weighted by Gasteiger charge is -2.19. The summed E-state index contributed by atoms with van der Waals surface area (Å²) in [7, 11) is -4.43. The summed E-state index contributed by atoms with van der Waals surface area (Å²) in [6, 6.07) is 0. The van der Waals surface area contributed by atoms with Crippen LogP contribution in [-0.2, 0) is 32.7 Å². The van der Waals surface area contributed by atoms with E-state index in [0.29, 0.717) is 19.3 Å². The summed E-state index contributed by atoms with van der Waals surface area (Å²) in [5.41, 5.74) is 5.33. The molecular formula is C47H74NO9P. The fraction of sp³-hybridized carbons (Fsp3) is 0.532. The van der Waals surface area contributed by atoms with Gasteiger partial charge in [0.05, 0.1) is 19.3 Å². The number of allylic oxidation sites excluding steroid dienone is 19. The normalized spacial score (nSPS) is 15.1. The van der Waals surface area contributed by atoms with Crippen LogP contribution in [-0.4, -0.2) is 60.5 Å². The van der Waals surface area contributed by atoms with Crippen molar-refractivity contribution < 1.29 is 42.7 Å². The average molecular weight is 828 g/mol. The highest BCUT2D eigenvalue weighted by Crippen LogP contribution is 2.43. The van der Waals surface area contributed by atoms with Gasteiger partial charge in [0, 0.05) is 19.4 Å². The third-order valence-electron chi connectivity index (χ3n) is 7.92. The quantitative estimate of drug-likeness (QED) is 0.0238. The molecule has 0 aliphatic rings. The zero-order valence-corrected chi connectivity index (χ0v) is 36.2. The Morgan fingerprint density at radius 2 is 1.09 bits per heavy atom. The maximum Gasteiger partial charge on any atom is 0.472 e. The summed E-state index contributed by atoms with van der Waals surface area (Å²) in [4.78, 5) is 34.8. The van der Waals surface area contributed by atoms with Crippen LogP contribution in [0.5, 0.6) is 0 Å². The molecule has 0 aliphatic carbocycles. The lowest BCUT2D eigenvalue weighted by molar-refractivity contribution is -0.161. The predicted molar refractivity (Wildman–Crippen MR) is 239 cm³/mol. The number of aliphatic hydroxyl groups is 1. The van der Waals surface area contributed by atoms with Crippen molar-refractivity contribution in [2.75, 3.05) is 26.4 Å². The van der Waals surface area contributed by atoms with Crippen molar-refractivity contribution in [1.82, 2.24) is 0 Å². The Hall–Kier alpha value is -3.63. The van der Waals surface area contributed by atoms with E-state index in [1.165, 1.54) is 0 Å². The van der Waals surface area contributed by atoms with Gasteiger partial charge in [-0.25, -0.2) is 4.57 Å². The summed E-state index contributed by atoms with van der Waals surface area (Å²) in [6.07, 6.45) is 53.0. The first-order valence-corrected chi connectivity index (χ1v) is 22.6. The Balaban J connectivity index is 4.45. The number of hydrogen-bond donors (Lipinski definition) is 3. The fourth-order valence-corrected chi connectivity index (χ4v) is 5.55. The summed E-state index contributed by atoms with van der Waals surface area (Å²) in [6.45, 7) is 3.26. The standard InChI is InChI=1S/C47H74NO9P/c1-3-5-7-8-9-10-11-12-13-14-15-16-17-18-22-25-28-31-34-38-46(50)54-42-45(43-56-58(52,53)55-41-40-48)57-47(51)39-35-32-29-26-23-20-19-21-24-27-30-33-37-44(49)36-6-4-2/h5,7,9-10,12-13,15-16,18-20,22,24,26-29,31,33,37,44-45,49H,3-4,6,8,11,14,17,21,23,25,30,32,34-36,38-43,48H2,1-2H3,(H,52,53)/b7-5-,10-9-,13-12-,16-15-,20-19-,22-18-,27-24-,29-26-,31-28-,37-33-/t44-,45-/m1/s1. The summed E-state index contributed by atoms with van der Waals surface area (Å²) in [5.74, 6) is -1.03. The lowest BCUT2D eigenvalue weighted by Crippen LogP contribution is -2.29. The lowest BCUT2D eigenvalue weighted by atomic mass is 10.1. The molecule has 4 N–H and O–H groups in total. The largest absolute Gasteiger partial charge is 0.472 e. The van der Waals surface area contributed by atoms with Gasteiger partial charge in [-0.1, -0.05) is 148 Å². The molecule has 0 bridgehead atoms. The van der Waals surface area contributed by atoms with Gasteiger partial charge >= 0.3 is 19.8 Å². The zero-order chi connectivity index (χ0) is 42.6. The first kappa shape index (κ1) is 54.4. The first-order chi connectivity index (χ1) is 28.2. The molecule has 0 aromatic rings.